The fourth-order valence-electron chi connectivity index (χ4n) is 2.87. The summed E-state index contributed by atoms with van der Waals surface area (Å²) in [6.07, 6.45) is -1.79. The Morgan fingerprint density at radius 2 is 1.90 bits per heavy atom. The van der Waals surface area contributed by atoms with Gasteiger partial charge in [-0.25, -0.2) is 9.18 Å². The average Bonchev–Trinajstić information content (AvgIpc) is 2.75. The van der Waals surface area contributed by atoms with Gasteiger partial charge in [-0.3, -0.25) is 4.18 Å². The van der Waals surface area contributed by atoms with Gasteiger partial charge in [-0.15, -0.1) is 0 Å². The summed E-state index contributed by atoms with van der Waals surface area (Å²) in [4.78, 5) is 12.2. The Bertz CT molecular complexity index is 1020. The van der Waals surface area contributed by atoms with Crippen LogP contribution in [0.4, 0.5) is 9.18 Å². The number of fused-ring (bicyclic) bond motifs is 1. The second-order valence-corrected chi connectivity index (χ2v) is 8.38. The van der Waals surface area contributed by atoms with Crippen LogP contribution in [-0.4, -0.2) is 51.7 Å². The van der Waals surface area contributed by atoms with Gasteiger partial charge in [-0.2, -0.15) is 8.42 Å². The summed E-state index contributed by atoms with van der Waals surface area (Å²) in [7, 11) is -3.89. The maximum absolute atomic E-state index is 14.9. The number of ether oxygens (including phenoxy) is 3. The molecule has 0 aliphatic carbocycles. The first kappa shape index (κ1) is 22.8. The molecule has 168 valence electrons. The van der Waals surface area contributed by atoms with Crippen LogP contribution >= 0.6 is 0 Å². The molecule has 1 unspecified atom stereocenters. The van der Waals surface area contributed by atoms with Crippen molar-refractivity contribution in [3.8, 4) is 11.5 Å². The number of hydrogen-bond acceptors (Lipinski definition) is 8. The van der Waals surface area contributed by atoms with E-state index in [2.05, 4.69) is 5.32 Å². The predicted molar refractivity (Wildman–Crippen MR) is 107 cm³/mol. The molecule has 1 aliphatic heterocycles. The minimum atomic E-state index is -3.89. The van der Waals surface area contributed by atoms with Gasteiger partial charge in [0, 0.05) is 5.56 Å². The molecule has 31 heavy (non-hydrogen) atoms. The summed E-state index contributed by atoms with van der Waals surface area (Å²) in [6.45, 7) is -0.308. The monoisotopic (exact) mass is 455 g/mol. The van der Waals surface area contributed by atoms with E-state index in [1.807, 2.05) is 0 Å². The lowest BCUT2D eigenvalue weighted by Gasteiger charge is -2.26. The third kappa shape index (κ3) is 6.29. The first-order valence-electron chi connectivity index (χ1n) is 9.32. The van der Waals surface area contributed by atoms with Crippen molar-refractivity contribution in [2.24, 2.45) is 0 Å². The minimum absolute atomic E-state index is 0.0548. The van der Waals surface area contributed by atoms with Gasteiger partial charge < -0.3 is 24.6 Å². The predicted octanol–water partition coefficient (Wildman–Crippen LogP) is 1.90. The number of rotatable bonds is 8. The van der Waals surface area contributed by atoms with Crippen molar-refractivity contribution in [3.63, 3.8) is 0 Å². The maximum Gasteiger partial charge on any atom is 0.407 e. The number of hydrogen-bond donors (Lipinski definition) is 2. The van der Waals surface area contributed by atoms with E-state index in [-0.39, 0.29) is 36.9 Å². The molecule has 2 atom stereocenters. The molecule has 0 spiro atoms. The number of alkyl carbamates (subject to hydrolysis) is 1. The van der Waals surface area contributed by atoms with Crippen molar-refractivity contribution < 1.29 is 41.1 Å². The highest BCUT2D eigenvalue weighted by molar-refractivity contribution is 7.85. The van der Waals surface area contributed by atoms with Gasteiger partial charge in [0.1, 0.15) is 25.9 Å². The molecule has 0 radical (unpaired) electrons. The van der Waals surface area contributed by atoms with Crippen LogP contribution in [0.1, 0.15) is 17.2 Å². The highest BCUT2D eigenvalue weighted by atomic mass is 32.2. The average molecular weight is 455 g/mol. The Morgan fingerprint density at radius 1 is 1.19 bits per heavy atom. The Labute approximate surface area is 178 Å². The van der Waals surface area contributed by atoms with Crippen LogP contribution in [0.25, 0.3) is 0 Å². The van der Waals surface area contributed by atoms with Crippen molar-refractivity contribution in [1.82, 2.24) is 5.32 Å². The second-order valence-electron chi connectivity index (χ2n) is 6.74. The lowest BCUT2D eigenvalue weighted by Crippen LogP contribution is -2.43. The summed E-state index contributed by atoms with van der Waals surface area (Å²) in [5.41, 5.74) is 0.495. The fourth-order valence-corrected chi connectivity index (χ4v) is 3.26. The van der Waals surface area contributed by atoms with Gasteiger partial charge >= 0.3 is 6.09 Å². The fraction of sp³-hybridized carbons (Fsp3) is 0.350. The second kappa shape index (κ2) is 9.94. The number of aliphatic hydroxyl groups is 1. The molecule has 2 aromatic carbocycles. The number of aliphatic hydroxyl groups excluding tert-OH is 1. The molecular weight excluding hydrogens is 433 g/mol. The summed E-state index contributed by atoms with van der Waals surface area (Å²) < 4.78 is 58.0. The lowest BCUT2D eigenvalue weighted by atomic mass is 10.0. The van der Waals surface area contributed by atoms with Crippen LogP contribution in [0, 0.1) is 5.82 Å². The molecule has 1 heterocycles. The Hall–Kier alpha value is -2.89. The quantitative estimate of drug-likeness (QED) is 0.579. The Balaban J connectivity index is 1.75. The first-order valence-corrected chi connectivity index (χ1v) is 11.1. The van der Waals surface area contributed by atoms with Crippen molar-refractivity contribution in [3.05, 3.63) is 59.4 Å². The number of amides is 1. The number of carbonyl (C=O) groups excluding carboxylic acids is 1. The van der Waals surface area contributed by atoms with E-state index in [0.29, 0.717) is 0 Å². The van der Waals surface area contributed by atoms with Crippen LogP contribution in [0.2, 0.25) is 0 Å². The van der Waals surface area contributed by atoms with Crippen LogP contribution in [0.3, 0.4) is 0 Å². The summed E-state index contributed by atoms with van der Waals surface area (Å²) in [5.74, 6) is -0.871. The molecule has 1 aliphatic rings. The molecule has 0 saturated carbocycles. The maximum atomic E-state index is 14.9. The lowest BCUT2D eigenvalue weighted by molar-refractivity contribution is 0.0797. The third-order valence-electron chi connectivity index (χ3n) is 4.36. The molecule has 11 heteroatoms. The molecule has 0 saturated heterocycles. The normalized spacial score (nSPS) is 15.1. The van der Waals surface area contributed by atoms with E-state index in [4.69, 9.17) is 18.4 Å². The van der Waals surface area contributed by atoms with Crippen molar-refractivity contribution in [1.29, 1.82) is 0 Å². The number of nitrogens with one attached hydrogen (secondary N) is 1. The molecule has 0 fully saturated rings. The molecular formula is C20H22FNO8S. The van der Waals surface area contributed by atoms with E-state index in [0.717, 1.165) is 11.8 Å². The standard InChI is InChI=1S/C20H22FNO8S/c1-31(25,26)30-12-15(22-20(24)29-11-13-5-3-2-4-6-13)18(23)14-7-8-16-19(17(14)21)28-10-9-27-16/h2-8,15,18,23H,9-12H2,1H3,(H,22,24)/t15-,18?/m1/s1. The molecule has 2 aromatic rings. The zero-order valence-electron chi connectivity index (χ0n) is 16.6. The summed E-state index contributed by atoms with van der Waals surface area (Å²) in [5, 5.41) is 13.0. The van der Waals surface area contributed by atoms with Gasteiger partial charge in [0.15, 0.2) is 17.3 Å². The molecule has 9 nitrogen and oxygen atoms in total. The summed E-state index contributed by atoms with van der Waals surface area (Å²) >= 11 is 0. The first-order chi connectivity index (χ1) is 14.7. The van der Waals surface area contributed by atoms with Crippen molar-refractivity contribution >= 4 is 16.2 Å². The van der Waals surface area contributed by atoms with Gasteiger partial charge in [0.25, 0.3) is 10.1 Å². The molecule has 0 aromatic heterocycles. The molecule has 2 N–H and O–H groups in total. The zero-order valence-corrected chi connectivity index (χ0v) is 17.4. The Morgan fingerprint density at radius 3 is 2.61 bits per heavy atom. The largest absolute Gasteiger partial charge is 0.486 e. The highest BCUT2D eigenvalue weighted by Gasteiger charge is 2.30. The number of benzene rings is 2. The zero-order chi connectivity index (χ0) is 22.4. The van der Waals surface area contributed by atoms with Crippen LogP contribution in [-0.2, 0) is 25.6 Å². The van der Waals surface area contributed by atoms with Crippen LogP contribution in [0.5, 0.6) is 11.5 Å². The highest BCUT2D eigenvalue weighted by Crippen LogP contribution is 2.37. The van der Waals surface area contributed by atoms with Gasteiger partial charge in [0.05, 0.1) is 18.9 Å². The molecule has 1 amide bonds. The summed E-state index contributed by atoms with van der Waals surface area (Å²) in [6, 6.07) is 10.2. The number of halogens is 1. The van der Waals surface area contributed by atoms with Crippen molar-refractivity contribution in [2.75, 3.05) is 26.1 Å². The van der Waals surface area contributed by atoms with E-state index in [1.54, 1.807) is 30.3 Å². The molecule has 0 bridgehead atoms. The van der Waals surface area contributed by atoms with Crippen LogP contribution in [0.15, 0.2) is 42.5 Å². The number of carbonyl (C=O) groups is 1. The van der Waals surface area contributed by atoms with E-state index < -0.39 is 40.8 Å². The smallest absolute Gasteiger partial charge is 0.407 e. The van der Waals surface area contributed by atoms with Gasteiger partial charge in [0.2, 0.25) is 0 Å². The SMILES string of the molecule is CS(=O)(=O)OC[C@@H](NC(=O)OCc1ccccc1)C(O)c1ccc2c(c1F)OCCO2. The van der Waals surface area contributed by atoms with Gasteiger partial charge in [-0.05, 0) is 17.7 Å². The van der Waals surface area contributed by atoms with Crippen molar-refractivity contribution in [2.45, 2.75) is 18.8 Å². The minimum Gasteiger partial charge on any atom is -0.486 e. The van der Waals surface area contributed by atoms with E-state index in [1.165, 1.54) is 12.1 Å². The Kier molecular flexibility index (Phi) is 7.31. The van der Waals surface area contributed by atoms with E-state index in [9.17, 15) is 22.7 Å². The molecule has 3 rings (SSSR count). The topological polar surface area (TPSA) is 120 Å². The van der Waals surface area contributed by atoms with E-state index >= 15 is 0 Å². The van der Waals surface area contributed by atoms with Gasteiger partial charge in [-0.1, -0.05) is 30.3 Å². The third-order valence-corrected chi connectivity index (χ3v) is 4.92. The van der Waals surface area contributed by atoms with Crippen LogP contribution < -0.4 is 14.8 Å².